The van der Waals surface area contributed by atoms with Crippen LogP contribution in [-0.4, -0.2) is 19.1 Å². The molecule has 0 rings (SSSR count). The van der Waals surface area contributed by atoms with E-state index in [1.54, 1.807) is 0 Å². The molecule has 0 fully saturated rings. The van der Waals surface area contributed by atoms with Crippen molar-refractivity contribution in [2.24, 2.45) is 0 Å². The highest BCUT2D eigenvalue weighted by atomic mass is 28.3. The Hall–Kier alpha value is -0.313. The highest BCUT2D eigenvalue weighted by Crippen LogP contribution is 2.39. The van der Waals surface area contributed by atoms with E-state index in [0.717, 1.165) is 0 Å². The fourth-order valence-electron chi connectivity index (χ4n) is 3.18. The maximum Gasteiger partial charge on any atom is 0.303 e. The number of hydrogen-bond donors (Lipinski definition) is 1. The van der Waals surface area contributed by atoms with Crippen LogP contribution in [0.25, 0.3) is 0 Å². The van der Waals surface area contributed by atoms with Gasteiger partial charge in [0, 0.05) is 6.42 Å². The van der Waals surface area contributed by atoms with Gasteiger partial charge < -0.3 is 5.11 Å². The fraction of sp³-hybridized carbons (Fsp3) is 0.938. The van der Waals surface area contributed by atoms with Gasteiger partial charge in [-0.3, -0.25) is 4.79 Å². The Morgan fingerprint density at radius 1 is 0.947 bits per heavy atom. The summed E-state index contributed by atoms with van der Waals surface area (Å²) in [6.07, 6.45) is 8.01. The van der Waals surface area contributed by atoms with Crippen LogP contribution < -0.4 is 0 Å². The monoisotopic (exact) mass is 286 g/mol. The number of hydrogen-bond acceptors (Lipinski definition) is 1. The van der Waals surface area contributed by atoms with E-state index in [0.29, 0.717) is 12.0 Å². The molecule has 0 radical (unpaired) electrons. The second-order valence-corrected chi connectivity index (χ2v) is 11.4. The summed E-state index contributed by atoms with van der Waals surface area (Å²) in [5.41, 5.74) is 0.439. The van der Waals surface area contributed by atoms with Crippen LogP contribution in [0.4, 0.5) is 0 Å². The van der Waals surface area contributed by atoms with Gasteiger partial charge in [-0.1, -0.05) is 84.4 Å². The predicted molar refractivity (Wildman–Crippen MR) is 86.6 cm³/mol. The van der Waals surface area contributed by atoms with Crippen LogP contribution >= 0.6 is 0 Å². The van der Waals surface area contributed by atoms with Crippen molar-refractivity contribution in [2.75, 3.05) is 0 Å². The summed E-state index contributed by atoms with van der Waals surface area (Å²) in [7, 11) is -1.41. The summed E-state index contributed by atoms with van der Waals surface area (Å²) in [4.78, 5) is 11.1. The maximum absolute atomic E-state index is 11.1. The molecule has 0 saturated carbocycles. The number of unbranched alkanes of at least 4 members (excludes halogenated alkanes) is 3. The number of rotatable bonds is 12. The summed E-state index contributed by atoms with van der Waals surface area (Å²) < 4.78 is 0. The molecule has 0 aliphatic rings. The number of aliphatic carboxylic acids is 1. The zero-order valence-electron chi connectivity index (χ0n) is 13.5. The average molecular weight is 287 g/mol. The van der Waals surface area contributed by atoms with Crippen molar-refractivity contribution in [3.05, 3.63) is 0 Å². The van der Waals surface area contributed by atoms with Crippen molar-refractivity contribution in [1.29, 1.82) is 0 Å². The first-order valence-corrected chi connectivity index (χ1v) is 10.9. The minimum Gasteiger partial charge on any atom is -0.481 e. The van der Waals surface area contributed by atoms with Crippen molar-refractivity contribution in [3.63, 3.8) is 0 Å². The van der Waals surface area contributed by atoms with Gasteiger partial charge >= 0.3 is 5.97 Å². The number of carboxylic acids is 1. The molecule has 3 heteroatoms. The molecule has 1 unspecified atom stereocenters. The van der Waals surface area contributed by atoms with E-state index in [4.69, 9.17) is 5.11 Å². The Kier molecular flexibility index (Phi) is 10.3. The maximum atomic E-state index is 11.1. The third-order valence-corrected chi connectivity index (χ3v) is 11.0. The van der Waals surface area contributed by atoms with Gasteiger partial charge in [-0.2, -0.15) is 0 Å². The van der Waals surface area contributed by atoms with Gasteiger partial charge in [0.1, 0.15) is 0 Å². The smallest absolute Gasteiger partial charge is 0.303 e. The molecule has 0 saturated heterocycles. The Balaban J connectivity index is 4.89. The zero-order valence-corrected chi connectivity index (χ0v) is 14.5. The first kappa shape index (κ1) is 18.7. The van der Waals surface area contributed by atoms with Gasteiger partial charge in [0.05, 0.1) is 8.07 Å². The van der Waals surface area contributed by atoms with E-state index in [-0.39, 0.29) is 0 Å². The summed E-state index contributed by atoms with van der Waals surface area (Å²) in [6.45, 7) is 8.98. The van der Waals surface area contributed by atoms with Crippen LogP contribution in [0.1, 0.15) is 72.6 Å². The van der Waals surface area contributed by atoms with E-state index in [9.17, 15) is 4.79 Å². The van der Waals surface area contributed by atoms with Gasteiger partial charge in [0.25, 0.3) is 0 Å². The van der Waals surface area contributed by atoms with Crippen LogP contribution in [0.5, 0.6) is 0 Å². The lowest BCUT2D eigenvalue weighted by Crippen LogP contribution is -2.39. The van der Waals surface area contributed by atoms with E-state index in [2.05, 4.69) is 27.7 Å². The molecule has 0 aromatic heterocycles. The molecule has 0 aliphatic carbocycles. The lowest BCUT2D eigenvalue weighted by Gasteiger charge is -2.37. The number of carbonyl (C=O) groups is 1. The Bertz CT molecular complexity index is 219. The Labute approximate surface area is 121 Å². The standard InChI is InChI=1S/C16H34O2Si/c1-5-8-11-19(12-9-6-2,13-10-7-3)15(4)14-16(17)18/h15H,5-14H2,1-4H3,(H,17,18). The summed E-state index contributed by atoms with van der Waals surface area (Å²) >= 11 is 0. The topological polar surface area (TPSA) is 37.3 Å². The fourth-order valence-corrected chi connectivity index (χ4v) is 9.19. The predicted octanol–water partition coefficient (Wildman–Crippen LogP) is 5.70. The highest BCUT2D eigenvalue weighted by molar-refractivity contribution is 6.81. The summed E-state index contributed by atoms with van der Waals surface area (Å²) in [6, 6.07) is 4.04. The van der Waals surface area contributed by atoms with E-state index < -0.39 is 14.0 Å². The molecule has 0 aromatic rings. The minimum atomic E-state index is -1.41. The molecule has 19 heavy (non-hydrogen) atoms. The first-order valence-electron chi connectivity index (χ1n) is 8.24. The van der Waals surface area contributed by atoms with Gasteiger partial charge in [-0.25, -0.2) is 0 Å². The van der Waals surface area contributed by atoms with E-state index in [1.165, 1.54) is 56.7 Å². The molecule has 114 valence electrons. The Morgan fingerprint density at radius 3 is 1.58 bits per heavy atom. The average Bonchev–Trinajstić information content (AvgIpc) is 2.37. The summed E-state index contributed by atoms with van der Waals surface area (Å²) in [5, 5.41) is 9.15. The van der Waals surface area contributed by atoms with E-state index in [1.807, 2.05) is 0 Å². The van der Waals surface area contributed by atoms with Crippen LogP contribution in [0.3, 0.4) is 0 Å². The third-order valence-electron chi connectivity index (χ3n) is 4.61. The van der Waals surface area contributed by atoms with Gasteiger partial charge in [0.2, 0.25) is 0 Å². The van der Waals surface area contributed by atoms with Crippen molar-refractivity contribution in [3.8, 4) is 0 Å². The molecule has 0 aromatic carbocycles. The van der Waals surface area contributed by atoms with Crippen LogP contribution in [0.2, 0.25) is 23.7 Å². The van der Waals surface area contributed by atoms with Gasteiger partial charge in [0.15, 0.2) is 0 Å². The van der Waals surface area contributed by atoms with Gasteiger partial charge in [-0.05, 0) is 5.54 Å². The molecule has 0 bridgehead atoms. The molecule has 1 N–H and O–H groups in total. The highest BCUT2D eigenvalue weighted by Gasteiger charge is 2.37. The van der Waals surface area contributed by atoms with Gasteiger partial charge in [-0.15, -0.1) is 0 Å². The summed E-state index contributed by atoms with van der Waals surface area (Å²) in [5.74, 6) is -0.603. The largest absolute Gasteiger partial charge is 0.481 e. The van der Waals surface area contributed by atoms with Crippen molar-refractivity contribution >= 4 is 14.0 Å². The lowest BCUT2D eigenvalue weighted by molar-refractivity contribution is -0.137. The van der Waals surface area contributed by atoms with Crippen molar-refractivity contribution in [1.82, 2.24) is 0 Å². The quantitative estimate of drug-likeness (QED) is 0.467. The molecule has 1 atom stereocenters. The second kappa shape index (κ2) is 10.5. The second-order valence-electron chi connectivity index (χ2n) is 6.17. The molecule has 0 spiro atoms. The first-order chi connectivity index (χ1) is 9.02. The zero-order chi connectivity index (χ0) is 14.7. The molecule has 0 heterocycles. The third kappa shape index (κ3) is 7.14. The number of carboxylic acid groups (broad SMARTS) is 1. The SMILES string of the molecule is CCCC[Si](CCCC)(CCCC)C(C)CC(=O)O. The molecular formula is C16H34O2Si. The van der Waals surface area contributed by atoms with Crippen molar-refractivity contribution in [2.45, 2.75) is 96.3 Å². The normalized spacial score (nSPS) is 13.5. The molecule has 2 nitrogen and oxygen atoms in total. The van der Waals surface area contributed by atoms with Crippen molar-refractivity contribution < 1.29 is 9.90 Å². The molecular weight excluding hydrogens is 252 g/mol. The van der Waals surface area contributed by atoms with Crippen LogP contribution in [0, 0.1) is 0 Å². The molecule has 0 amide bonds. The van der Waals surface area contributed by atoms with Crippen LogP contribution in [-0.2, 0) is 4.79 Å². The van der Waals surface area contributed by atoms with Crippen LogP contribution in [0.15, 0.2) is 0 Å². The minimum absolute atomic E-state index is 0.392. The Morgan fingerprint density at radius 2 is 1.32 bits per heavy atom. The molecule has 0 aliphatic heterocycles. The van der Waals surface area contributed by atoms with E-state index >= 15 is 0 Å². The lowest BCUT2D eigenvalue weighted by atomic mass is 10.3.